The van der Waals surface area contributed by atoms with E-state index >= 15 is 0 Å². The van der Waals surface area contributed by atoms with Gasteiger partial charge in [0.15, 0.2) is 0 Å². The van der Waals surface area contributed by atoms with Gasteiger partial charge in [-0.2, -0.15) is 0 Å². The number of para-hydroxylation sites is 1. The maximum Gasteiger partial charge on any atom is 0.339 e. The molecule has 0 saturated carbocycles. The number of esters is 1. The molecule has 0 amide bonds. The van der Waals surface area contributed by atoms with Gasteiger partial charge in [-0.15, -0.1) is 0 Å². The van der Waals surface area contributed by atoms with E-state index in [4.69, 9.17) is 0 Å². The lowest BCUT2D eigenvalue weighted by molar-refractivity contribution is 0.0602. The number of carbonyl (C=O) groups is 1. The summed E-state index contributed by atoms with van der Waals surface area (Å²) < 4.78 is 57.7. The summed E-state index contributed by atoms with van der Waals surface area (Å²) in [5.74, 6) is -2.77. The number of halogens is 2. The summed E-state index contributed by atoms with van der Waals surface area (Å²) in [5, 5.41) is 0. The molecule has 0 fully saturated rings. The van der Waals surface area contributed by atoms with E-state index in [-0.39, 0.29) is 11.3 Å². The summed E-state index contributed by atoms with van der Waals surface area (Å²) in [6.45, 7) is 0. The van der Waals surface area contributed by atoms with Crippen molar-refractivity contribution >= 4 is 21.7 Å². The van der Waals surface area contributed by atoms with Crippen LogP contribution in [0.4, 0.5) is 14.5 Å². The van der Waals surface area contributed by atoms with Crippen LogP contribution in [-0.2, 0) is 14.8 Å². The minimum absolute atomic E-state index is 0.0506. The number of rotatable bonds is 4. The molecule has 0 aliphatic carbocycles. The number of benzene rings is 2. The maximum atomic E-state index is 13.6. The molecule has 2 aromatic carbocycles. The van der Waals surface area contributed by atoms with E-state index in [0.29, 0.717) is 12.1 Å². The predicted molar refractivity (Wildman–Crippen MR) is 74.9 cm³/mol. The Hall–Kier alpha value is -2.48. The minimum Gasteiger partial charge on any atom is -0.465 e. The molecule has 8 heteroatoms. The van der Waals surface area contributed by atoms with Crippen molar-refractivity contribution in [3.05, 3.63) is 59.7 Å². The maximum absolute atomic E-state index is 13.6. The van der Waals surface area contributed by atoms with Crippen LogP contribution in [0.15, 0.2) is 47.4 Å². The number of carbonyl (C=O) groups excluding carboxylic acids is 1. The normalized spacial score (nSPS) is 11.0. The lowest BCUT2D eigenvalue weighted by Gasteiger charge is -2.12. The van der Waals surface area contributed by atoms with Crippen molar-refractivity contribution in [1.29, 1.82) is 0 Å². The highest BCUT2D eigenvalue weighted by molar-refractivity contribution is 7.92. The Kier molecular flexibility index (Phi) is 4.41. The van der Waals surface area contributed by atoms with Crippen LogP contribution < -0.4 is 4.72 Å². The van der Waals surface area contributed by atoms with Gasteiger partial charge in [-0.3, -0.25) is 4.72 Å². The number of hydrogen-bond acceptors (Lipinski definition) is 4. The number of ether oxygens (including phenoxy) is 1. The topological polar surface area (TPSA) is 72.5 Å². The molecule has 0 spiro atoms. The van der Waals surface area contributed by atoms with E-state index in [2.05, 4.69) is 9.46 Å². The Balaban J connectivity index is 2.46. The minimum atomic E-state index is -4.40. The van der Waals surface area contributed by atoms with Crippen LogP contribution in [0.1, 0.15) is 10.4 Å². The second-order valence-electron chi connectivity index (χ2n) is 4.22. The number of methoxy groups -OCH3 is 1. The zero-order chi connectivity index (χ0) is 16.3. The fourth-order valence-corrected chi connectivity index (χ4v) is 2.91. The number of nitrogens with one attached hydrogen (secondary N) is 1. The van der Waals surface area contributed by atoms with Gasteiger partial charge < -0.3 is 4.74 Å². The first-order valence-electron chi connectivity index (χ1n) is 6.00. The molecule has 0 aliphatic heterocycles. The van der Waals surface area contributed by atoms with Gasteiger partial charge in [0.2, 0.25) is 0 Å². The SMILES string of the molecule is COC(=O)c1ccccc1NS(=O)(=O)c1cc(F)ccc1F. The average molecular weight is 327 g/mol. The lowest BCUT2D eigenvalue weighted by Crippen LogP contribution is -2.17. The molecule has 22 heavy (non-hydrogen) atoms. The molecule has 5 nitrogen and oxygen atoms in total. The van der Waals surface area contributed by atoms with Crippen molar-refractivity contribution in [1.82, 2.24) is 0 Å². The van der Waals surface area contributed by atoms with Gasteiger partial charge in [-0.1, -0.05) is 12.1 Å². The second kappa shape index (κ2) is 6.10. The van der Waals surface area contributed by atoms with Gasteiger partial charge in [-0.25, -0.2) is 22.0 Å². The molecule has 2 rings (SSSR count). The standard InChI is InChI=1S/C14H11F2NO4S/c1-21-14(18)10-4-2-3-5-12(10)17-22(19,20)13-8-9(15)6-7-11(13)16/h2-8,17H,1H3. The molecular weight excluding hydrogens is 316 g/mol. The van der Waals surface area contributed by atoms with Gasteiger partial charge >= 0.3 is 5.97 Å². The molecule has 0 aromatic heterocycles. The molecule has 0 unspecified atom stereocenters. The van der Waals surface area contributed by atoms with Crippen LogP contribution >= 0.6 is 0 Å². The Morgan fingerprint density at radius 1 is 1.14 bits per heavy atom. The zero-order valence-corrected chi connectivity index (χ0v) is 12.2. The number of anilines is 1. The van der Waals surface area contributed by atoms with Crippen LogP contribution in [0.25, 0.3) is 0 Å². The zero-order valence-electron chi connectivity index (χ0n) is 11.3. The van der Waals surface area contributed by atoms with Gasteiger partial charge in [0, 0.05) is 0 Å². The summed E-state index contributed by atoms with van der Waals surface area (Å²) in [6, 6.07) is 7.69. The fraction of sp³-hybridized carbons (Fsp3) is 0.0714. The van der Waals surface area contributed by atoms with Gasteiger partial charge in [0.05, 0.1) is 18.4 Å². The average Bonchev–Trinajstić information content (AvgIpc) is 2.49. The lowest BCUT2D eigenvalue weighted by atomic mass is 10.2. The molecular formula is C14H11F2NO4S. The van der Waals surface area contributed by atoms with E-state index in [9.17, 15) is 22.0 Å². The summed E-state index contributed by atoms with van der Waals surface area (Å²) in [5.41, 5.74) is -0.150. The van der Waals surface area contributed by atoms with Crippen molar-refractivity contribution in [3.8, 4) is 0 Å². The van der Waals surface area contributed by atoms with Crippen molar-refractivity contribution < 1.29 is 26.7 Å². The molecule has 0 aliphatic rings. The largest absolute Gasteiger partial charge is 0.465 e. The van der Waals surface area contributed by atoms with Gasteiger partial charge in [0.25, 0.3) is 10.0 Å². The Morgan fingerprint density at radius 3 is 2.50 bits per heavy atom. The summed E-state index contributed by atoms with van der Waals surface area (Å²) in [4.78, 5) is 10.7. The first kappa shape index (κ1) is 15.9. The highest BCUT2D eigenvalue weighted by Crippen LogP contribution is 2.23. The Labute approximate surface area is 125 Å². The van der Waals surface area contributed by atoms with Crippen LogP contribution in [-0.4, -0.2) is 21.5 Å². The summed E-state index contributed by atoms with van der Waals surface area (Å²) in [6.07, 6.45) is 0. The molecule has 2 aromatic rings. The smallest absolute Gasteiger partial charge is 0.339 e. The van der Waals surface area contributed by atoms with Crippen LogP contribution in [0.2, 0.25) is 0 Å². The van der Waals surface area contributed by atoms with E-state index in [1.54, 1.807) is 0 Å². The van der Waals surface area contributed by atoms with Crippen molar-refractivity contribution in [2.45, 2.75) is 4.90 Å². The summed E-state index contributed by atoms with van der Waals surface area (Å²) in [7, 11) is -3.26. The van der Waals surface area contributed by atoms with E-state index in [0.717, 1.165) is 13.2 Å². The third-order valence-corrected chi connectivity index (χ3v) is 4.14. The molecule has 0 heterocycles. The first-order chi connectivity index (χ1) is 10.3. The van der Waals surface area contributed by atoms with E-state index in [1.807, 2.05) is 0 Å². The van der Waals surface area contributed by atoms with Crippen LogP contribution in [0.3, 0.4) is 0 Å². The highest BCUT2D eigenvalue weighted by atomic mass is 32.2. The Morgan fingerprint density at radius 2 is 1.82 bits per heavy atom. The first-order valence-corrected chi connectivity index (χ1v) is 7.48. The monoisotopic (exact) mass is 327 g/mol. The van der Waals surface area contributed by atoms with Crippen LogP contribution in [0, 0.1) is 11.6 Å². The number of sulfonamides is 1. The van der Waals surface area contributed by atoms with Crippen molar-refractivity contribution in [2.75, 3.05) is 11.8 Å². The van der Waals surface area contributed by atoms with E-state index < -0.39 is 32.5 Å². The quantitative estimate of drug-likeness (QED) is 0.876. The highest BCUT2D eigenvalue weighted by Gasteiger charge is 2.22. The fourth-order valence-electron chi connectivity index (χ4n) is 1.74. The molecule has 116 valence electrons. The predicted octanol–water partition coefficient (Wildman–Crippen LogP) is 2.55. The van der Waals surface area contributed by atoms with Crippen LogP contribution in [0.5, 0.6) is 0 Å². The molecule has 0 radical (unpaired) electrons. The third kappa shape index (κ3) is 3.22. The number of hydrogen-bond donors (Lipinski definition) is 1. The van der Waals surface area contributed by atoms with Crippen molar-refractivity contribution in [2.24, 2.45) is 0 Å². The summed E-state index contributed by atoms with van der Waals surface area (Å²) >= 11 is 0. The molecule has 0 bridgehead atoms. The Bertz CT molecular complexity index is 821. The van der Waals surface area contributed by atoms with E-state index in [1.165, 1.54) is 24.3 Å². The molecule has 0 atom stereocenters. The molecule has 1 N–H and O–H groups in total. The third-order valence-electron chi connectivity index (χ3n) is 2.76. The van der Waals surface area contributed by atoms with Crippen molar-refractivity contribution in [3.63, 3.8) is 0 Å². The molecule has 0 saturated heterocycles. The second-order valence-corrected chi connectivity index (χ2v) is 5.87. The van der Waals surface area contributed by atoms with Gasteiger partial charge in [-0.05, 0) is 30.3 Å². The van der Waals surface area contributed by atoms with Gasteiger partial charge in [0.1, 0.15) is 16.5 Å².